The van der Waals surface area contributed by atoms with Gasteiger partial charge >= 0.3 is 0 Å². The molecule has 15 heavy (non-hydrogen) atoms. The van der Waals surface area contributed by atoms with Crippen LogP contribution in [0.2, 0.25) is 5.15 Å². The van der Waals surface area contributed by atoms with Gasteiger partial charge < -0.3 is 0 Å². The molecule has 0 aliphatic rings. The molecule has 0 amide bonds. The maximum Gasteiger partial charge on any atom is 0.148 e. The predicted molar refractivity (Wildman–Crippen MR) is 58.4 cm³/mol. The van der Waals surface area contributed by atoms with Crippen molar-refractivity contribution in [3.05, 3.63) is 34.6 Å². The Morgan fingerprint density at radius 1 is 1.13 bits per heavy atom. The van der Waals surface area contributed by atoms with Gasteiger partial charge in [0.05, 0.1) is 5.69 Å². The van der Waals surface area contributed by atoms with E-state index >= 15 is 0 Å². The molecule has 2 heterocycles. The molecule has 0 aliphatic heterocycles. The molecule has 0 N–H and O–H groups in total. The number of pyridine rings is 1. The molecule has 2 rings (SSSR count). The number of rotatable bonds is 1. The minimum Gasteiger partial charge on any atom is -0.241 e. The third kappa shape index (κ3) is 1.99. The van der Waals surface area contributed by atoms with Crippen LogP contribution in [0.15, 0.2) is 12.1 Å². The van der Waals surface area contributed by atoms with Crippen LogP contribution in [0.4, 0.5) is 0 Å². The van der Waals surface area contributed by atoms with Crippen LogP contribution in [0.1, 0.15) is 17.3 Å². The van der Waals surface area contributed by atoms with Crippen molar-refractivity contribution in [2.75, 3.05) is 0 Å². The number of aromatic nitrogens is 4. The van der Waals surface area contributed by atoms with Gasteiger partial charge in [-0.05, 0) is 26.8 Å². The van der Waals surface area contributed by atoms with Crippen LogP contribution >= 0.6 is 11.6 Å². The van der Waals surface area contributed by atoms with Crippen LogP contribution in [0.25, 0.3) is 5.69 Å². The van der Waals surface area contributed by atoms with Gasteiger partial charge in [0, 0.05) is 11.8 Å². The van der Waals surface area contributed by atoms with E-state index in [0.717, 1.165) is 23.0 Å². The van der Waals surface area contributed by atoms with E-state index in [0.29, 0.717) is 5.15 Å². The van der Waals surface area contributed by atoms with E-state index in [1.807, 2.05) is 26.8 Å². The lowest BCUT2D eigenvalue weighted by Crippen LogP contribution is -2.00. The molecular weight excluding hydrogens is 212 g/mol. The van der Waals surface area contributed by atoms with E-state index in [1.165, 1.54) is 0 Å². The van der Waals surface area contributed by atoms with Crippen LogP contribution < -0.4 is 0 Å². The molecule has 0 saturated carbocycles. The van der Waals surface area contributed by atoms with Gasteiger partial charge in [-0.3, -0.25) is 0 Å². The van der Waals surface area contributed by atoms with Crippen LogP contribution in [-0.2, 0) is 0 Å². The summed E-state index contributed by atoms with van der Waals surface area (Å²) in [7, 11) is 0. The van der Waals surface area contributed by atoms with Crippen LogP contribution in [0.5, 0.6) is 0 Å². The van der Waals surface area contributed by atoms with E-state index in [2.05, 4.69) is 15.1 Å². The first-order valence-corrected chi connectivity index (χ1v) is 4.99. The maximum atomic E-state index is 5.89. The standard InChI is InChI=1S/C10H11ClN4/c1-6-4-9(5-10(11)12-6)15-8(3)13-7(2)14-15/h4-5H,1-3H3. The second-order valence-electron chi connectivity index (χ2n) is 3.41. The van der Waals surface area contributed by atoms with E-state index in [9.17, 15) is 0 Å². The molecule has 0 radical (unpaired) electrons. The third-order valence-corrected chi connectivity index (χ3v) is 2.22. The lowest BCUT2D eigenvalue weighted by Gasteiger charge is -2.04. The zero-order valence-electron chi connectivity index (χ0n) is 8.82. The fourth-order valence-corrected chi connectivity index (χ4v) is 1.74. The highest BCUT2D eigenvalue weighted by atomic mass is 35.5. The fourth-order valence-electron chi connectivity index (χ4n) is 1.50. The summed E-state index contributed by atoms with van der Waals surface area (Å²) in [5, 5.41) is 4.75. The first-order valence-electron chi connectivity index (χ1n) is 4.61. The first kappa shape index (κ1) is 10.1. The lowest BCUT2D eigenvalue weighted by atomic mass is 10.3. The summed E-state index contributed by atoms with van der Waals surface area (Å²) in [6.45, 7) is 5.66. The van der Waals surface area contributed by atoms with Crippen molar-refractivity contribution in [2.24, 2.45) is 0 Å². The summed E-state index contributed by atoms with van der Waals surface area (Å²) in [6, 6.07) is 3.70. The number of nitrogens with zero attached hydrogens (tertiary/aromatic N) is 4. The summed E-state index contributed by atoms with van der Waals surface area (Å²) in [6.07, 6.45) is 0. The number of hydrogen-bond donors (Lipinski definition) is 0. The lowest BCUT2D eigenvalue weighted by molar-refractivity contribution is 0.827. The zero-order valence-corrected chi connectivity index (χ0v) is 9.58. The minimum atomic E-state index is 0.470. The second-order valence-corrected chi connectivity index (χ2v) is 3.79. The molecule has 4 nitrogen and oxygen atoms in total. The summed E-state index contributed by atoms with van der Waals surface area (Å²) in [5.74, 6) is 1.59. The van der Waals surface area contributed by atoms with E-state index in [-0.39, 0.29) is 0 Å². The Morgan fingerprint density at radius 3 is 2.40 bits per heavy atom. The normalized spacial score (nSPS) is 10.7. The molecule has 0 aliphatic carbocycles. The largest absolute Gasteiger partial charge is 0.241 e. The van der Waals surface area contributed by atoms with Gasteiger partial charge in [0.1, 0.15) is 16.8 Å². The highest BCUT2D eigenvalue weighted by Crippen LogP contribution is 2.15. The van der Waals surface area contributed by atoms with Crippen LogP contribution in [-0.4, -0.2) is 19.7 Å². The Balaban J connectivity index is 2.58. The molecule has 2 aromatic heterocycles. The molecule has 0 atom stereocenters. The topological polar surface area (TPSA) is 43.6 Å². The monoisotopic (exact) mass is 222 g/mol. The van der Waals surface area contributed by atoms with Crippen LogP contribution in [0.3, 0.4) is 0 Å². The van der Waals surface area contributed by atoms with Crippen molar-refractivity contribution < 1.29 is 0 Å². The van der Waals surface area contributed by atoms with Gasteiger partial charge in [0.25, 0.3) is 0 Å². The fraction of sp³-hybridized carbons (Fsp3) is 0.300. The summed E-state index contributed by atoms with van der Waals surface area (Å²) in [5.41, 5.74) is 1.76. The van der Waals surface area contributed by atoms with Gasteiger partial charge in [-0.1, -0.05) is 11.6 Å². The van der Waals surface area contributed by atoms with Gasteiger partial charge in [-0.2, -0.15) is 5.10 Å². The molecule has 0 aromatic carbocycles. The van der Waals surface area contributed by atoms with Crippen molar-refractivity contribution in [1.82, 2.24) is 19.7 Å². The average molecular weight is 223 g/mol. The third-order valence-electron chi connectivity index (χ3n) is 2.03. The summed E-state index contributed by atoms with van der Waals surface area (Å²) >= 11 is 5.89. The molecule has 0 saturated heterocycles. The molecule has 2 aromatic rings. The van der Waals surface area contributed by atoms with E-state index in [1.54, 1.807) is 10.7 Å². The van der Waals surface area contributed by atoms with E-state index in [4.69, 9.17) is 11.6 Å². The summed E-state index contributed by atoms with van der Waals surface area (Å²) < 4.78 is 1.76. The smallest absolute Gasteiger partial charge is 0.148 e. The van der Waals surface area contributed by atoms with Gasteiger partial charge in [-0.15, -0.1) is 0 Å². The Bertz CT molecular complexity index is 484. The highest BCUT2D eigenvalue weighted by molar-refractivity contribution is 6.29. The molecule has 0 spiro atoms. The van der Waals surface area contributed by atoms with Gasteiger partial charge in [0.15, 0.2) is 0 Å². The van der Waals surface area contributed by atoms with E-state index < -0.39 is 0 Å². The Kier molecular flexibility index (Phi) is 2.44. The van der Waals surface area contributed by atoms with Crippen molar-refractivity contribution in [1.29, 1.82) is 0 Å². The molecule has 78 valence electrons. The first-order chi connectivity index (χ1) is 7.06. The van der Waals surface area contributed by atoms with Gasteiger partial charge in [0.2, 0.25) is 0 Å². The minimum absolute atomic E-state index is 0.470. The quantitative estimate of drug-likeness (QED) is 0.695. The number of aryl methyl sites for hydroxylation is 3. The van der Waals surface area contributed by atoms with Crippen molar-refractivity contribution >= 4 is 11.6 Å². The molecule has 0 fully saturated rings. The molecule has 5 heteroatoms. The zero-order chi connectivity index (χ0) is 11.0. The Labute approximate surface area is 92.9 Å². The maximum absolute atomic E-state index is 5.89. The molecule has 0 bridgehead atoms. The van der Waals surface area contributed by atoms with Crippen molar-refractivity contribution in [2.45, 2.75) is 20.8 Å². The van der Waals surface area contributed by atoms with Crippen molar-refractivity contribution in [3.63, 3.8) is 0 Å². The Hall–Kier alpha value is -1.42. The Morgan fingerprint density at radius 2 is 1.87 bits per heavy atom. The van der Waals surface area contributed by atoms with Crippen molar-refractivity contribution in [3.8, 4) is 5.69 Å². The molecular formula is C10H11ClN4. The van der Waals surface area contributed by atoms with Crippen LogP contribution in [0, 0.1) is 20.8 Å². The average Bonchev–Trinajstić information content (AvgIpc) is 2.43. The summed E-state index contributed by atoms with van der Waals surface area (Å²) in [4.78, 5) is 8.34. The molecule has 0 unspecified atom stereocenters. The number of halogens is 1. The highest BCUT2D eigenvalue weighted by Gasteiger charge is 2.06. The van der Waals surface area contributed by atoms with Gasteiger partial charge in [-0.25, -0.2) is 14.6 Å². The predicted octanol–water partition coefficient (Wildman–Crippen LogP) is 2.24. The second kappa shape index (κ2) is 3.62. The number of hydrogen-bond acceptors (Lipinski definition) is 3. The SMILES string of the molecule is Cc1cc(-n2nc(C)nc2C)cc(Cl)n1.